The number of anilines is 1. The van der Waals surface area contributed by atoms with E-state index in [9.17, 15) is 18.3 Å². The Morgan fingerprint density at radius 3 is 2.55 bits per heavy atom. The van der Waals surface area contributed by atoms with E-state index in [2.05, 4.69) is 15.0 Å². The van der Waals surface area contributed by atoms with Crippen LogP contribution >= 0.6 is 0 Å². The summed E-state index contributed by atoms with van der Waals surface area (Å²) < 4.78 is 24.1. The van der Waals surface area contributed by atoms with Crippen LogP contribution in [-0.2, 0) is 10.0 Å². The topological polar surface area (TPSA) is 108 Å². The lowest BCUT2D eigenvalue weighted by Gasteiger charge is -2.12. The molecule has 0 bridgehead atoms. The normalized spacial score (nSPS) is 11.3. The molecule has 1 aromatic rings. The van der Waals surface area contributed by atoms with Gasteiger partial charge in [0.25, 0.3) is 0 Å². The maximum absolute atomic E-state index is 11.2. The smallest absolute Gasteiger partial charge is 0.339 e. The number of hydrogen-bond acceptors (Lipinski definition) is 5. The van der Waals surface area contributed by atoms with Crippen LogP contribution in [0.25, 0.3) is 0 Å². The zero-order chi connectivity index (χ0) is 15.3. The predicted molar refractivity (Wildman–Crippen MR) is 76.6 cm³/mol. The molecule has 0 atom stereocenters. The molecule has 8 heteroatoms. The number of carboxylic acid groups (broad SMARTS) is 1. The number of sulfonamides is 1. The third-order valence-corrected chi connectivity index (χ3v) is 3.30. The summed E-state index contributed by atoms with van der Waals surface area (Å²) in [6.45, 7) is 4.20. The molecule has 0 aliphatic carbocycles. The van der Waals surface area contributed by atoms with E-state index in [0.717, 1.165) is 11.9 Å². The molecule has 0 radical (unpaired) electrons. The van der Waals surface area contributed by atoms with Gasteiger partial charge in [-0.2, -0.15) is 0 Å². The van der Waals surface area contributed by atoms with Crippen molar-refractivity contribution in [1.29, 1.82) is 0 Å². The van der Waals surface area contributed by atoms with Crippen LogP contribution in [0.15, 0.2) is 6.07 Å². The maximum Gasteiger partial charge on any atom is 0.339 e. The average Bonchev–Trinajstić information content (AvgIpc) is 2.25. The minimum atomic E-state index is -3.19. The Balaban J connectivity index is 2.66. The molecule has 0 amide bonds. The molecule has 1 rings (SSSR count). The monoisotopic (exact) mass is 301 g/mol. The molecule has 1 heterocycles. The summed E-state index contributed by atoms with van der Waals surface area (Å²) >= 11 is 0. The number of nitrogens with zero attached hydrogens (tertiary/aromatic N) is 1. The van der Waals surface area contributed by atoms with Gasteiger partial charge in [-0.15, -0.1) is 0 Å². The second-order valence-corrected chi connectivity index (χ2v) is 6.36. The van der Waals surface area contributed by atoms with Crippen molar-refractivity contribution in [2.24, 2.45) is 0 Å². The van der Waals surface area contributed by atoms with Gasteiger partial charge in [-0.05, 0) is 26.3 Å². The molecule has 0 spiro atoms. The highest BCUT2D eigenvalue weighted by atomic mass is 32.2. The molecular formula is C12H19N3O4S. The number of aromatic nitrogens is 1. The summed E-state index contributed by atoms with van der Waals surface area (Å²) in [5.74, 6) is -1.04. The standard InChI is InChI=1S/C12H19N3O4S/c1-8-7-10(11(12(16)17)9(2)15-8)13-5-4-6-14-20(3,18)19/h7,14H,4-6H2,1-3H3,(H,13,15)(H,16,17). The maximum atomic E-state index is 11.2. The lowest BCUT2D eigenvalue weighted by Crippen LogP contribution is -2.24. The van der Waals surface area contributed by atoms with Crippen LogP contribution in [0.5, 0.6) is 0 Å². The van der Waals surface area contributed by atoms with Gasteiger partial charge in [0, 0.05) is 18.8 Å². The van der Waals surface area contributed by atoms with Crippen molar-refractivity contribution in [3.05, 3.63) is 23.0 Å². The van der Waals surface area contributed by atoms with Crippen molar-refractivity contribution in [3.8, 4) is 0 Å². The Morgan fingerprint density at radius 1 is 1.35 bits per heavy atom. The number of nitrogens with one attached hydrogen (secondary N) is 2. The van der Waals surface area contributed by atoms with Crippen LogP contribution in [0.3, 0.4) is 0 Å². The molecule has 20 heavy (non-hydrogen) atoms. The van der Waals surface area contributed by atoms with Crippen molar-refractivity contribution in [2.75, 3.05) is 24.7 Å². The number of carboxylic acids is 1. The summed E-state index contributed by atoms with van der Waals surface area (Å²) in [4.78, 5) is 15.3. The highest BCUT2D eigenvalue weighted by Gasteiger charge is 2.14. The zero-order valence-electron chi connectivity index (χ0n) is 11.7. The lowest BCUT2D eigenvalue weighted by atomic mass is 10.1. The molecule has 0 aromatic carbocycles. The van der Waals surface area contributed by atoms with Crippen LogP contribution in [0.4, 0.5) is 5.69 Å². The number of carbonyl (C=O) groups is 1. The second-order valence-electron chi connectivity index (χ2n) is 4.52. The van der Waals surface area contributed by atoms with Gasteiger partial charge in [-0.1, -0.05) is 0 Å². The van der Waals surface area contributed by atoms with Gasteiger partial charge in [-0.3, -0.25) is 4.98 Å². The molecule has 7 nitrogen and oxygen atoms in total. The zero-order valence-corrected chi connectivity index (χ0v) is 12.5. The quantitative estimate of drug-likeness (QED) is 0.641. The first-order valence-corrected chi connectivity index (χ1v) is 8.00. The molecule has 0 fully saturated rings. The summed E-state index contributed by atoms with van der Waals surface area (Å²) in [5.41, 5.74) is 1.83. The molecule has 0 aliphatic rings. The first kappa shape index (κ1) is 16.4. The minimum absolute atomic E-state index is 0.145. The predicted octanol–water partition coefficient (Wildman–Crippen LogP) is 0.748. The van der Waals surface area contributed by atoms with Gasteiger partial charge >= 0.3 is 5.97 Å². The Hall–Kier alpha value is -1.67. The van der Waals surface area contributed by atoms with Crippen molar-refractivity contribution in [1.82, 2.24) is 9.71 Å². The van der Waals surface area contributed by atoms with E-state index in [1.165, 1.54) is 0 Å². The molecular weight excluding hydrogens is 282 g/mol. The highest BCUT2D eigenvalue weighted by Crippen LogP contribution is 2.19. The fourth-order valence-electron chi connectivity index (χ4n) is 1.81. The Kier molecular flexibility index (Phi) is 5.46. The van der Waals surface area contributed by atoms with Crippen molar-refractivity contribution in [2.45, 2.75) is 20.3 Å². The SMILES string of the molecule is Cc1cc(NCCCNS(C)(=O)=O)c(C(=O)O)c(C)n1. The number of aromatic carboxylic acids is 1. The van der Waals surface area contributed by atoms with Gasteiger partial charge in [0.05, 0.1) is 17.6 Å². The third kappa shape index (κ3) is 5.14. The van der Waals surface area contributed by atoms with Crippen molar-refractivity contribution in [3.63, 3.8) is 0 Å². The lowest BCUT2D eigenvalue weighted by molar-refractivity contribution is 0.0696. The minimum Gasteiger partial charge on any atom is -0.478 e. The number of hydrogen-bond donors (Lipinski definition) is 3. The van der Waals surface area contributed by atoms with E-state index >= 15 is 0 Å². The first-order valence-electron chi connectivity index (χ1n) is 6.11. The van der Waals surface area contributed by atoms with E-state index in [1.54, 1.807) is 19.9 Å². The van der Waals surface area contributed by atoms with Gasteiger partial charge < -0.3 is 10.4 Å². The number of rotatable bonds is 7. The Bertz CT molecular complexity index is 599. The van der Waals surface area contributed by atoms with E-state index in [1.807, 2.05) is 0 Å². The van der Waals surface area contributed by atoms with E-state index in [-0.39, 0.29) is 5.56 Å². The van der Waals surface area contributed by atoms with Crippen LogP contribution in [0.1, 0.15) is 28.2 Å². The van der Waals surface area contributed by atoms with Gasteiger partial charge in [0.1, 0.15) is 5.56 Å². The summed E-state index contributed by atoms with van der Waals surface area (Å²) in [6, 6.07) is 1.67. The molecule has 3 N–H and O–H groups in total. The molecule has 0 unspecified atom stereocenters. The van der Waals surface area contributed by atoms with E-state index in [0.29, 0.717) is 30.9 Å². The largest absolute Gasteiger partial charge is 0.478 e. The highest BCUT2D eigenvalue weighted by molar-refractivity contribution is 7.88. The summed E-state index contributed by atoms with van der Waals surface area (Å²) in [5, 5.41) is 12.2. The van der Waals surface area contributed by atoms with Crippen LogP contribution in [0, 0.1) is 13.8 Å². The first-order chi connectivity index (χ1) is 9.20. The fraction of sp³-hybridized carbons (Fsp3) is 0.500. The van der Waals surface area contributed by atoms with Gasteiger partial charge in [0.15, 0.2) is 0 Å². The number of pyridine rings is 1. The molecule has 0 aliphatic heterocycles. The van der Waals surface area contributed by atoms with Gasteiger partial charge in [-0.25, -0.2) is 17.9 Å². The fourth-order valence-corrected chi connectivity index (χ4v) is 2.32. The average molecular weight is 301 g/mol. The second kappa shape index (κ2) is 6.67. The van der Waals surface area contributed by atoms with Crippen LogP contribution in [-0.4, -0.2) is 43.8 Å². The van der Waals surface area contributed by atoms with E-state index < -0.39 is 16.0 Å². The molecule has 112 valence electrons. The summed E-state index contributed by atoms with van der Waals surface area (Å²) in [7, 11) is -3.19. The van der Waals surface area contributed by atoms with E-state index in [4.69, 9.17) is 0 Å². The molecule has 1 aromatic heterocycles. The van der Waals surface area contributed by atoms with Gasteiger partial charge in [0.2, 0.25) is 10.0 Å². The number of aryl methyl sites for hydroxylation is 2. The molecule has 0 saturated heterocycles. The Morgan fingerprint density at radius 2 is 2.00 bits per heavy atom. The van der Waals surface area contributed by atoms with Crippen LogP contribution < -0.4 is 10.0 Å². The Labute approximate surface area is 118 Å². The van der Waals surface area contributed by atoms with Crippen LogP contribution in [0.2, 0.25) is 0 Å². The molecule has 0 saturated carbocycles. The van der Waals surface area contributed by atoms with Crippen molar-refractivity contribution >= 4 is 21.7 Å². The van der Waals surface area contributed by atoms with Crippen molar-refractivity contribution < 1.29 is 18.3 Å². The third-order valence-electron chi connectivity index (χ3n) is 2.58. The summed E-state index contributed by atoms with van der Waals surface area (Å²) in [6.07, 6.45) is 1.64.